The summed E-state index contributed by atoms with van der Waals surface area (Å²) in [5, 5.41) is 10.2. The van der Waals surface area contributed by atoms with Gasteiger partial charge in [0.1, 0.15) is 0 Å². The summed E-state index contributed by atoms with van der Waals surface area (Å²) < 4.78 is 5.61. The van der Waals surface area contributed by atoms with E-state index in [0.29, 0.717) is 26.2 Å². The zero-order valence-corrected chi connectivity index (χ0v) is 14.6. The van der Waals surface area contributed by atoms with Crippen molar-refractivity contribution in [2.24, 2.45) is 5.92 Å². The Balaban J connectivity index is 1.59. The zero-order valence-electron chi connectivity index (χ0n) is 14.6. The molecular formula is C20H29NO3. The monoisotopic (exact) mass is 331 g/mol. The lowest BCUT2D eigenvalue weighted by Crippen LogP contribution is -2.53. The van der Waals surface area contributed by atoms with Gasteiger partial charge in [-0.2, -0.15) is 0 Å². The first-order valence-corrected chi connectivity index (χ1v) is 9.32. The molecule has 1 heterocycles. The maximum atomic E-state index is 12.8. The number of aliphatic hydroxyl groups is 1. The Bertz CT molecular complexity index is 542. The molecule has 0 unspecified atom stereocenters. The van der Waals surface area contributed by atoms with Crippen LogP contribution in [0.25, 0.3) is 0 Å². The van der Waals surface area contributed by atoms with Gasteiger partial charge in [-0.25, -0.2) is 0 Å². The predicted molar refractivity (Wildman–Crippen MR) is 93.8 cm³/mol. The van der Waals surface area contributed by atoms with Gasteiger partial charge in [0.15, 0.2) is 0 Å². The first-order chi connectivity index (χ1) is 11.7. The highest BCUT2D eigenvalue weighted by Crippen LogP contribution is 2.32. The normalized spacial score (nSPS) is 27.4. The number of morpholine rings is 1. The Hall–Kier alpha value is -1.39. The summed E-state index contributed by atoms with van der Waals surface area (Å²) in [6.07, 6.45) is 4.97. The Kier molecular flexibility index (Phi) is 5.90. The molecule has 1 N–H and O–H groups in total. The van der Waals surface area contributed by atoms with E-state index in [0.717, 1.165) is 32.1 Å². The molecule has 2 fully saturated rings. The minimum Gasteiger partial charge on any atom is -0.393 e. The topological polar surface area (TPSA) is 49.8 Å². The Labute approximate surface area is 144 Å². The van der Waals surface area contributed by atoms with E-state index < -0.39 is 0 Å². The summed E-state index contributed by atoms with van der Waals surface area (Å²) in [5.74, 6) is 0.375. The highest BCUT2D eigenvalue weighted by atomic mass is 16.5. The van der Waals surface area contributed by atoms with Crippen LogP contribution in [0.4, 0.5) is 0 Å². The Morgan fingerprint density at radius 2 is 2.00 bits per heavy atom. The van der Waals surface area contributed by atoms with Crippen LogP contribution in [0.2, 0.25) is 0 Å². The highest BCUT2D eigenvalue weighted by Gasteiger charge is 2.39. The largest absolute Gasteiger partial charge is 0.393 e. The number of nitrogens with zero attached hydrogens (tertiary/aromatic N) is 1. The molecular weight excluding hydrogens is 302 g/mol. The number of hydrogen-bond donors (Lipinski definition) is 1. The zero-order chi connectivity index (χ0) is 16.9. The van der Waals surface area contributed by atoms with Gasteiger partial charge in [0.2, 0.25) is 5.91 Å². The van der Waals surface area contributed by atoms with Gasteiger partial charge in [-0.15, -0.1) is 0 Å². The Morgan fingerprint density at radius 3 is 2.67 bits per heavy atom. The fourth-order valence-corrected chi connectivity index (χ4v) is 4.04. The average Bonchev–Trinajstić information content (AvgIpc) is 3.06. The number of carbonyl (C=O) groups is 1. The van der Waals surface area contributed by atoms with Gasteiger partial charge in [0.25, 0.3) is 0 Å². The summed E-state index contributed by atoms with van der Waals surface area (Å²) in [6.45, 7) is 3.98. The average molecular weight is 331 g/mol. The van der Waals surface area contributed by atoms with Crippen molar-refractivity contribution in [3.8, 4) is 0 Å². The second-order valence-electron chi connectivity index (χ2n) is 7.06. The first-order valence-electron chi connectivity index (χ1n) is 9.32. The summed E-state index contributed by atoms with van der Waals surface area (Å²) in [5.41, 5.74) is 2.54. The van der Waals surface area contributed by atoms with E-state index in [-0.39, 0.29) is 24.0 Å². The van der Waals surface area contributed by atoms with Crippen LogP contribution in [-0.4, -0.2) is 47.8 Å². The number of amides is 1. The molecule has 2 aliphatic rings. The lowest BCUT2D eigenvalue weighted by Gasteiger charge is -2.40. The molecule has 1 aliphatic carbocycles. The molecule has 24 heavy (non-hydrogen) atoms. The molecule has 3 rings (SSSR count). The van der Waals surface area contributed by atoms with Crippen LogP contribution in [0.3, 0.4) is 0 Å². The summed E-state index contributed by atoms with van der Waals surface area (Å²) in [6, 6.07) is 8.59. The third kappa shape index (κ3) is 3.98. The third-order valence-electron chi connectivity index (χ3n) is 5.57. The minimum atomic E-state index is -0.284. The van der Waals surface area contributed by atoms with Gasteiger partial charge < -0.3 is 14.7 Å². The number of carbonyl (C=O) groups excluding carboxylic acids is 1. The van der Waals surface area contributed by atoms with Gasteiger partial charge in [-0.3, -0.25) is 4.79 Å². The molecule has 1 saturated heterocycles. The molecule has 1 aliphatic heterocycles. The maximum absolute atomic E-state index is 12.8. The van der Waals surface area contributed by atoms with Crippen molar-refractivity contribution >= 4 is 5.91 Å². The van der Waals surface area contributed by atoms with E-state index in [2.05, 4.69) is 31.2 Å². The number of ether oxygens (including phenoxy) is 1. The van der Waals surface area contributed by atoms with Crippen molar-refractivity contribution in [2.45, 2.75) is 57.6 Å². The van der Waals surface area contributed by atoms with Gasteiger partial charge in [-0.1, -0.05) is 37.6 Å². The number of aryl methyl sites for hydroxylation is 2. The smallest absolute Gasteiger partial charge is 0.223 e. The lowest BCUT2D eigenvalue weighted by atomic mass is 9.93. The van der Waals surface area contributed by atoms with E-state index in [1.807, 2.05) is 4.90 Å². The SMILES string of the molecule is CCc1ccc(CCC(=O)N2CCOC[C@@H]2[C@@H]2CCC[C@H]2O)cc1. The number of benzene rings is 1. The molecule has 0 spiro atoms. The van der Waals surface area contributed by atoms with Crippen molar-refractivity contribution in [3.63, 3.8) is 0 Å². The van der Waals surface area contributed by atoms with Crippen molar-refractivity contribution in [1.82, 2.24) is 4.90 Å². The van der Waals surface area contributed by atoms with Crippen LogP contribution in [0.1, 0.15) is 43.7 Å². The van der Waals surface area contributed by atoms with Crippen LogP contribution in [0.5, 0.6) is 0 Å². The molecule has 0 bridgehead atoms. The minimum absolute atomic E-state index is 0.0474. The molecule has 1 saturated carbocycles. The highest BCUT2D eigenvalue weighted by molar-refractivity contribution is 5.77. The van der Waals surface area contributed by atoms with Crippen LogP contribution in [0, 0.1) is 5.92 Å². The van der Waals surface area contributed by atoms with Crippen molar-refractivity contribution in [3.05, 3.63) is 35.4 Å². The van der Waals surface area contributed by atoms with Gasteiger partial charge in [0, 0.05) is 18.9 Å². The van der Waals surface area contributed by atoms with Crippen molar-refractivity contribution in [1.29, 1.82) is 0 Å². The van der Waals surface area contributed by atoms with Crippen molar-refractivity contribution < 1.29 is 14.6 Å². The number of rotatable bonds is 5. The number of hydrogen-bond acceptors (Lipinski definition) is 3. The van der Waals surface area contributed by atoms with Crippen molar-refractivity contribution in [2.75, 3.05) is 19.8 Å². The molecule has 0 aromatic heterocycles. The fraction of sp³-hybridized carbons (Fsp3) is 0.650. The molecule has 1 amide bonds. The molecule has 4 heteroatoms. The molecule has 1 aromatic rings. The molecule has 1 aromatic carbocycles. The summed E-state index contributed by atoms with van der Waals surface area (Å²) in [4.78, 5) is 14.7. The van der Waals surface area contributed by atoms with E-state index >= 15 is 0 Å². The second-order valence-corrected chi connectivity index (χ2v) is 7.06. The summed E-state index contributed by atoms with van der Waals surface area (Å²) in [7, 11) is 0. The van der Waals surface area contributed by atoms with Gasteiger partial charge in [0.05, 0.1) is 25.4 Å². The lowest BCUT2D eigenvalue weighted by molar-refractivity contribution is -0.143. The van der Waals surface area contributed by atoms with E-state index in [4.69, 9.17) is 4.74 Å². The molecule has 3 atom stereocenters. The van der Waals surface area contributed by atoms with Crippen LogP contribution in [-0.2, 0) is 22.4 Å². The van der Waals surface area contributed by atoms with Crippen LogP contribution >= 0.6 is 0 Å². The molecule has 132 valence electrons. The molecule has 4 nitrogen and oxygen atoms in total. The van der Waals surface area contributed by atoms with E-state index in [1.54, 1.807) is 0 Å². The predicted octanol–water partition coefficient (Wildman–Crippen LogP) is 2.57. The molecule has 0 radical (unpaired) electrons. The van der Waals surface area contributed by atoms with Gasteiger partial charge in [-0.05, 0) is 36.8 Å². The van der Waals surface area contributed by atoms with Crippen LogP contribution < -0.4 is 0 Å². The fourth-order valence-electron chi connectivity index (χ4n) is 4.04. The standard InChI is InChI=1S/C20H29NO3/c1-2-15-6-8-16(9-7-15)10-11-20(23)21-12-13-24-14-18(21)17-4-3-5-19(17)22/h6-9,17-19,22H,2-5,10-14H2,1H3/t17-,18+,19+/m0/s1. The Morgan fingerprint density at radius 1 is 1.25 bits per heavy atom. The maximum Gasteiger partial charge on any atom is 0.223 e. The van der Waals surface area contributed by atoms with Gasteiger partial charge >= 0.3 is 0 Å². The summed E-state index contributed by atoms with van der Waals surface area (Å²) >= 11 is 0. The van der Waals surface area contributed by atoms with E-state index in [9.17, 15) is 9.90 Å². The first kappa shape index (κ1) is 17.4. The van der Waals surface area contributed by atoms with Crippen LogP contribution in [0.15, 0.2) is 24.3 Å². The number of aliphatic hydroxyl groups excluding tert-OH is 1. The quantitative estimate of drug-likeness (QED) is 0.902. The second kappa shape index (κ2) is 8.13. The third-order valence-corrected chi connectivity index (χ3v) is 5.57. The van der Waals surface area contributed by atoms with E-state index in [1.165, 1.54) is 11.1 Å².